The molecule has 0 aliphatic carbocycles. The van der Waals surface area contributed by atoms with Gasteiger partial charge in [0.2, 0.25) is 0 Å². The van der Waals surface area contributed by atoms with Gasteiger partial charge in [-0.05, 0) is 119 Å². The van der Waals surface area contributed by atoms with Crippen molar-refractivity contribution in [3.63, 3.8) is 0 Å². The van der Waals surface area contributed by atoms with E-state index in [4.69, 9.17) is 9.41 Å². The molecule has 0 saturated carbocycles. The molecule has 2 heterocycles. The Bertz CT molecular complexity index is 3260. The second-order valence-electron chi connectivity index (χ2n) is 16.7. The number of hydrogen-bond donors (Lipinski definition) is 0. The Labute approximate surface area is 368 Å². The average molecular weight is 820 g/mol. The minimum absolute atomic E-state index is 0.109. The molecule has 0 saturated heterocycles. The lowest BCUT2D eigenvalue weighted by molar-refractivity contribution is 0.431. The van der Waals surface area contributed by atoms with Crippen LogP contribution in [-0.2, 0) is 0 Å². The van der Waals surface area contributed by atoms with Gasteiger partial charge in [-0.25, -0.2) is 0 Å². The first-order valence-electron chi connectivity index (χ1n) is 21.8. The standard InChI is InChI=1S/C59H49NOS/c1-5-40(35-52(38(2)3)45-21-13-8-14-22-45)59(60-39(4)41-27-29-44(30-28-41)42-17-9-6-10-18-42)51-24-15-25-53-57(51)49-33-32-47(36-54(49)61-53)48-23-16-26-55-58(48)50-34-31-46(37-56(50)62-55)43-19-11-7-12-20-43/h6-34,36-37,40,59H,5,35H2,1-4H3/b60-39+. The lowest BCUT2D eigenvalue weighted by Crippen LogP contribution is -2.14. The summed E-state index contributed by atoms with van der Waals surface area (Å²) >= 11 is 1.86. The third-order valence-electron chi connectivity index (χ3n) is 12.7. The molecule has 0 fully saturated rings. The van der Waals surface area contributed by atoms with Crippen LogP contribution in [0.1, 0.15) is 63.3 Å². The quantitative estimate of drug-likeness (QED) is 0.119. The van der Waals surface area contributed by atoms with E-state index in [0.29, 0.717) is 0 Å². The van der Waals surface area contributed by atoms with Crippen molar-refractivity contribution in [1.82, 2.24) is 0 Å². The number of allylic oxidation sites excluding steroid dienone is 2. The third-order valence-corrected chi connectivity index (χ3v) is 13.8. The highest BCUT2D eigenvalue weighted by Gasteiger charge is 2.27. The van der Waals surface area contributed by atoms with Crippen molar-refractivity contribution in [2.45, 2.75) is 46.6 Å². The highest BCUT2D eigenvalue weighted by molar-refractivity contribution is 7.26. The molecule has 3 heteroatoms. The summed E-state index contributed by atoms with van der Waals surface area (Å²) in [5.74, 6) is 0.236. The van der Waals surface area contributed by atoms with E-state index in [0.717, 1.165) is 51.6 Å². The lowest BCUT2D eigenvalue weighted by Gasteiger charge is -2.27. The van der Waals surface area contributed by atoms with Gasteiger partial charge in [-0.3, -0.25) is 4.99 Å². The number of thiophene rings is 1. The predicted molar refractivity (Wildman–Crippen MR) is 267 cm³/mol. The minimum atomic E-state index is -0.109. The average Bonchev–Trinajstić information content (AvgIpc) is 3.90. The van der Waals surface area contributed by atoms with Crippen LogP contribution in [0.25, 0.3) is 81.1 Å². The molecule has 0 spiro atoms. The molecule has 2 unspecified atom stereocenters. The number of fused-ring (bicyclic) bond motifs is 6. The van der Waals surface area contributed by atoms with E-state index in [-0.39, 0.29) is 12.0 Å². The van der Waals surface area contributed by atoms with Gasteiger partial charge >= 0.3 is 0 Å². The molecule has 302 valence electrons. The van der Waals surface area contributed by atoms with Crippen molar-refractivity contribution >= 4 is 64.7 Å². The Morgan fingerprint density at radius 1 is 0.516 bits per heavy atom. The zero-order chi connectivity index (χ0) is 42.2. The topological polar surface area (TPSA) is 25.5 Å². The second-order valence-corrected chi connectivity index (χ2v) is 17.8. The molecule has 0 N–H and O–H groups in total. The summed E-state index contributed by atoms with van der Waals surface area (Å²) in [5, 5.41) is 4.86. The zero-order valence-corrected chi connectivity index (χ0v) is 36.5. The summed E-state index contributed by atoms with van der Waals surface area (Å²) in [5.41, 5.74) is 16.5. The molecular weight excluding hydrogens is 771 g/mol. The van der Waals surface area contributed by atoms with Gasteiger partial charge in [0.25, 0.3) is 0 Å². The summed E-state index contributed by atoms with van der Waals surface area (Å²) < 4.78 is 9.43. The molecule has 0 bridgehead atoms. The van der Waals surface area contributed by atoms with E-state index in [9.17, 15) is 0 Å². The Kier molecular flexibility index (Phi) is 10.7. The van der Waals surface area contributed by atoms with E-state index < -0.39 is 0 Å². The molecule has 10 rings (SSSR count). The van der Waals surface area contributed by atoms with Crippen LogP contribution in [0.5, 0.6) is 0 Å². The number of hydrogen-bond acceptors (Lipinski definition) is 3. The molecule has 62 heavy (non-hydrogen) atoms. The van der Waals surface area contributed by atoms with Crippen molar-refractivity contribution < 1.29 is 4.42 Å². The summed E-state index contributed by atoms with van der Waals surface area (Å²) in [6.07, 6.45) is 1.89. The maximum atomic E-state index is 6.84. The van der Waals surface area contributed by atoms with Crippen LogP contribution in [0.4, 0.5) is 0 Å². The maximum Gasteiger partial charge on any atom is 0.136 e. The van der Waals surface area contributed by atoms with Crippen molar-refractivity contribution in [3.05, 3.63) is 210 Å². The highest BCUT2D eigenvalue weighted by atomic mass is 32.1. The summed E-state index contributed by atoms with van der Waals surface area (Å²) in [7, 11) is 0. The summed E-state index contributed by atoms with van der Waals surface area (Å²) in [4.78, 5) is 5.73. The van der Waals surface area contributed by atoms with E-state index in [2.05, 4.69) is 216 Å². The van der Waals surface area contributed by atoms with Crippen LogP contribution in [-0.4, -0.2) is 5.71 Å². The SMILES string of the molecule is CCC(CC(=C(C)C)c1ccccc1)C(/N=C(\C)c1ccc(-c2ccccc2)cc1)c1cccc2oc3cc(-c4cccc5sc6cc(-c7ccccc7)ccc6c45)ccc3c12. The first-order valence-corrected chi connectivity index (χ1v) is 22.6. The number of benzene rings is 8. The lowest BCUT2D eigenvalue weighted by atomic mass is 9.81. The molecule has 8 aromatic carbocycles. The normalized spacial score (nSPS) is 12.9. The summed E-state index contributed by atoms with van der Waals surface area (Å²) in [6.45, 7) is 8.99. The smallest absolute Gasteiger partial charge is 0.136 e. The first-order chi connectivity index (χ1) is 30.4. The van der Waals surface area contributed by atoms with E-state index in [1.165, 1.54) is 70.3 Å². The number of furan rings is 1. The maximum absolute atomic E-state index is 6.84. The molecule has 10 aromatic rings. The van der Waals surface area contributed by atoms with E-state index in [1.54, 1.807) is 0 Å². The van der Waals surface area contributed by atoms with Gasteiger partial charge in [0, 0.05) is 36.7 Å². The monoisotopic (exact) mass is 819 g/mol. The third kappa shape index (κ3) is 7.48. The largest absolute Gasteiger partial charge is 0.456 e. The Hall–Kier alpha value is -6.81. The molecule has 2 nitrogen and oxygen atoms in total. The van der Waals surface area contributed by atoms with Gasteiger partial charge in [-0.15, -0.1) is 11.3 Å². The fourth-order valence-corrected chi connectivity index (χ4v) is 10.6. The predicted octanol–water partition coefficient (Wildman–Crippen LogP) is 17.4. The fraction of sp³-hybridized carbons (Fsp3) is 0.136. The van der Waals surface area contributed by atoms with Crippen molar-refractivity contribution in [3.8, 4) is 33.4 Å². The Morgan fingerprint density at radius 3 is 1.85 bits per heavy atom. The zero-order valence-electron chi connectivity index (χ0n) is 35.7. The minimum Gasteiger partial charge on any atom is -0.456 e. The molecule has 2 aromatic heterocycles. The van der Waals surface area contributed by atoms with Gasteiger partial charge < -0.3 is 4.42 Å². The molecular formula is C59H49NOS. The van der Waals surface area contributed by atoms with Gasteiger partial charge in [0.05, 0.1) is 6.04 Å². The van der Waals surface area contributed by atoms with Crippen molar-refractivity contribution in [1.29, 1.82) is 0 Å². The van der Waals surface area contributed by atoms with Crippen LogP contribution < -0.4 is 0 Å². The van der Waals surface area contributed by atoms with Crippen molar-refractivity contribution in [2.24, 2.45) is 10.9 Å². The van der Waals surface area contributed by atoms with Crippen LogP contribution in [0, 0.1) is 5.92 Å². The number of nitrogens with zero attached hydrogens (tertiary/aromatic N) is 1. The highest BCUT2D eigenvalue weighted by Crippen LogP contribution is 2.45. The van der Waals surface area contributed by atoms with E-state index in [1.807, 2.05) is 11.3 Å². The van der Waals surface area contributed by atoms with E-state index >= 15 is 0 Å². The van der Waals surface area contributed by atoms with Crippen molar-refractivity contribution in [2.75, 3.05) is 0 Å². The molecule has 0 aliphatic heterocycles. The van der Waals surface area contributed by atoms with Crippen LogP contribution in [0.2, 0.25) is 0 Å². The molecule has 0 radical (unpaired) electrons. The number of aliphatic imine (C=N–C) groups is 1. The Morgan fingerprint density at radius 2 is 1.15 bits per heavy atom. The number of rotatable bonds is 11. The Balaban J connectivity index is 1.08. The summed E-state index contributed by atoms with van der Waals surface area (Å²) in [6, 6.07) is 67.9. The molecule has 2 atom stereocenters. The van der Waals surface area contributed by atoms with Crippen LogP contribution in [0.15, 0.2) is 203 Å². The molecule has 0 amide bonds. The first kappa shape index (κ1) is 39.3. The fourth-order valence-electron chi connectivity index (χ4n) is 9.38. The van der Waals surface area contributed by atoms with Gasteiger partial charge in [0.15, 0.2) is 0 Å². The van der Waals surface area contributed by atoms with Gasteiger partial charge in [0.1, 0.15) is 11.2 Å². The van der Waals surface area contributed by atoms with Crippen LogP contribution in [0.3, 0.4) is 0 Å². The molecule has 0 aliphatic rings. The van der Waals surface area contributed by atoms with Gasteiger partial charge in [-0.2, -0.15) is 0 Å². The second kappa shape index (κ2) is 16.9. The van der Waals surface area contributed by atoms with Crippen LogP contribution >= 0.6 is 11.3 Å². The van der Waals surface area contributed by atoms with Gasteiger partial charge in [-0.1, -0.05) is 177 Å².